The van der Waals surface area contributed by atoms with E-state index in [1.54, 1.807) is 0 Å². The number of para-hydroxylation sites is 1. The number of amides is 1. The highest BCUT2D eigenvalue weighted by Crippen LogP contribution is 2.48. The van der Waals surface area contributed by atoms with Crippen molar-refractivity contribution < 1.29 is 9.90 Å². The van der Waals surface area contributed by atoms with Crippen LogP contribution in [0, 0.1) is 5.92 Å². The van der Waals surface area contributed by atoms with E-state index in [0.29, 0.717) is 0 Å². The summed E-state index contributed by atoms with van der Waals surface area (Å²) in [5.41, 5.74) is 3.76. The van der Waals surface area contributed by atoms with Gasteiger partial charge in [0.05, 0.1) is 12.0 Å². The fraction of sp³-hybridized carbons (Fsp3) is 0.269. The van der Waals surface area contributed by atoms with Crippen LogP contribution in [-0.4, -0.2) is 11.0 Å². The normalized spacial score (nSPS) is 18.5. The summed E-state index contributed by atoms with van der Waals surface area (Å²) in [5, 5.41) is 10.9. The third-order valence-corrected chi connectivity index (χ3v) is 5.82. The number of carbonyl (C=O) groups is 1. The lowest BCUT2D eigenvalue weighted by Crippen LogP contribution is -2.55. The number of unbranched alkanes of at least 4 members (excludes halogenated alkanes) is 2. The summed E-state index contributed by atoms with van der Waals surface area (Å²) in [4.78, 5) is 14.8. The minimum absolute atomic E-state index is 0.0739. The van der Waals surface area contributed by atoms with Gasteiger partial charge in [0.2, 0.25) is 5.91 Å². The number of phenols is 1. The molecule has 148 valence electrons. The molecule has 0 spiro atoms. The van der Waals surface area contributed by atoms with Crippen molar-refractivity contribution in [2.45, 2.75) is 38.6 Å². The number of rotatable bonds is 7. The molecule has 1 aliphatic rings. The Morgan fingerprint density at radius 1 is 0.862 bits per heavy atom. The molecule has 4 rings (SSSR count). The maximum absolute atomic E-state index is 13.0. The van der Waals surface area contributed by atoms with Gasteiger partial charge in [0, 0.05) is 11.3 Å². The van der Waals surface area contributed by atoms with E-state index in [1.807, 2.05) is 83.8 Å². The molecule has 0 radical (unpaired) electrons. The molecule has 0 aliphatic carbocycles. The number of hydrogen-bond acceptors (Lipinski definition) is 2. The van der Waals surface area contributed by atoms with Gasteiger partial charge in [0.15, 0.2) is 0 Å². The number of phenolic OH excluding ortho intramolecular Hbond substituents is 1. The Bertz CT molecular complexity index is 969. The minimum Gasteiger partial charge on any atom is -0.508 e. The van der Waals surface area contributed by atoms with E-state index in [-0.39, 0.29) is 23.6 Å². The molecule has 3 heteroatoms. The van der Waals surface area contributed by atoms with Crippen molar-refractivity contribution >= 4 is 11.6 Å². The Balaban J connectivity index is 1.67. The van der Waals surface area contributed by atoms with Crippen LogP contribution in [0.25, 0.3) is 11.1 Å². The second-order valence-electron chi connectivity index (χ2n) is 7.73. The van der Waals surface area contributed by atoms with Gasteiger partial charge in [0.25, 0.3) is 0 Å². The minimum atomic E-state index is -0.119. The highest BCUT2D eigenvalue weighted by molar-refractivity contribution is 6.03. The van der Waals surface area contributed by atoms with Gasteiger partial charge in [-0.1, -0.05) is 86.8 Å². The number of β-lactam (4-membered cyclic amide) rings is 1. The molecule has 1 saturated heterocycles. The van der Waals surface area contributed by atoms with Crippen LogP contribution in [0.2, 0.25) is 0 Å². The number of benzene rings is 3. The van der Waals surface area contributed by atoms with Crippen molar-refractivity contribution in [1.82, 2.24) is 0 Å². The van der Waals surface area contributed by atoms with Crippen molar-refractivity contribution in [2.75, 3.05) is 4.90 Å². The molecule has 0 saturated carbocycles. The first-order chi connectivity index (χ1) is 14.2. The first-order valence-electron chi connectivity index (χ1n) is 10.5. The van der Waals surface area contributed by atoms with E-state index in [0.717, 1.165) is 48.1 Å². The van der Waals surface area contributed by atoms with Gasteiger partial charge in [0.1, 0.15) is 5.75 Å². The fourth-order valence-electron chi connectivity index (χ4n) is 4.28. The third kappa shape index (κ3) is 3.77. The maximum atomic E-state index is 13.0. The Hall–Kier alpha value is -3.07. The summed E-state index contributed by atoms with van der Waals surface area (Å²) in [7, 11) is 0. The molecule has 3 aromatic carbocycles. The van der Waals surface area contributed by atoms with Gasteiger partial charge in [-0.3, -0.25) is 4.79 Å². The zero-order valence-electron chi connectivity index (χ0n) is 16.8. The summed E-state index contributed by atoms with van der Waals surface area (Å²) in [6, 6.07) is 25.5. The van der Waals surface area contributed by atoms with Crippen LogP contribution in [0.3, 0.4) is 0 Å². The molecular weight excluding hydrogens is 358 g/mol. The molecule has 1 aliphatic heterocycles. The molecule has 0 aromatic heterocycles. The van der Waals surface area contributed by atoms with Crippen molar-refractivity contribution in [2.24, 2.45) is 5.92 Å². The van der Waals surface area contributed by atoms with E-state index in [2.05, 4.69) is 6.92 Å². The van der Waals surface area contributed by atoms with Crippen LogP contribution in [0.5, 0.6) is 5.75 Å². The van der Waals surface area contributed by atoms with E-state index in [1.165, 1.54) is 0 Å². The van der Waals surface area contributed by atoms with E-state index >= 15 is 0 Å². The monoisotopic (exact) mass is 385 g/mol. The molecule has 29 heavy (non-hydrogen) atoms. The van der Waals surface area contributed by atoms with Crippen LogP contribution >= 0.6 is 0 Å². The maximum Gasteiger partial charge on any atom is 0.233 e. The lowest BCUT2D eigenvalue weighted by Gasteiger charge is -2.48. The highest BCUT2D eigenvalue weighted by Gasteiger charge is 2.49. The Morgan fingerprint density at radius 3 is 2.21 bits per heavy atom. The molecule has 0 bridgehead atoms. The SMILES string of the molecule is CCCCCC1C(=O)N(c2ccccc2)C1c1ccc(-c2ccccc2)cc1O. The molecule has 1 N–H and O–H groups in total. The van der Waals surface area contributed by atoms with Crippen LogP contribution < -0.4 is 4.90 Å². The molecule has 2 atom stereocenters. The topological polar surface area (TPSA) is 40.5 Å². The molecule has 3 aromatic rings. The molecular formula is C26H27NO2. The quantitative estimate of drug-likeness (QED) is 0.381. The molecule has 3 nitrogen and oxygen atoms in total. The predicted molar refractivity (Wildman–Crippen MR) is 118 cm³/mol. The molecule has 1 amide bonds. The summed E-state index contributed by atoms with van der Waals surface area (Å²) in [5.74, 6) is 0.337. The van der Waals surface area contributed by atoms with Crippen molar-refractivity contribution in [3.8, 4) is 16.9 Å². The van der Waals surface area contributed by atoms with E-state index in [4.69, 9.17) is 0 Å². The van der Waals surface area contributed by atoms with Crippen LogP contribution in [-0.2, 0) is 4.79 Å². The number of carbonyl (C=O) groups excluding carboxylic acids is 1. The molecule has 1 heterocycles. The highest BCUT2D eigenvalue weighted by atomic mass is 16.3. The standard InChI is InChI=1S/C26H27NO2/c1-2-3-6-15-23-25(27(26(23)29)21-13-9-5-10-14-21)22-17-16-20(18-24(22)28)19-11-7-4-8-12-19/h4-5,7-14,16-18,23,25,28H,2-3,6,15H2,1H3. The average Bonchev–Trinajstić information content (AvgIpc) is 2.76. The van der Waals surface area contributed by atoms with Gasteiger partial charge >= 0.3 is 0 Å². The predicted octanol–water partition coefficient (Wildman–Crippen LogP) is 6.34. The first-order valence-corrected chi connectivity index (χ1v) is 10.5. The van der Waals surface area contributed by atoms with Gasteiger partial charge < -0.3 is 10.0 Å². The smallest absolute Gasteiger partial charge is 0.233 e. The third-order valence-electron chi connectivity index (χ3n) is 5.82. The van der Waals surface area contributed by atoms with Gasteiger partial charge in [-0.25, -0.2) is 0 Å². The number of hydrogen-bond donors (Lipinski definition) is 1. The van der Waals surface area contributed by atoms with Gasteiger partial charge in [-0.15, -0.1) is 0 Å². The largest absolute Gasteiger partial charge is 0.508 e. The number of aromatic hydroxyl groups is 1. The van der Waals surface area contributed by atoms with Crippen molar-refractivity contribution in [1.29, 1.82) is 0 Å². The Morgan fingerprint density at radius 2 is 1.55 bits per heavy atom. The van der Waals surface area contributed by atoms with Crippen LogP contribution in [0.1, 0.15) is 44.2 Å². The fourth-order valence-corrected chi connectivity index (χ4v) is 4.28. The van der Waals surface area contributed by atoms with E-state index in [9.17, 15) is 9.90 Å². The second-order valence-corrected chi connectivity index (χ2v) is 7.73. The van der Waals surface area contributed by atoms with E-state index < -0.39 is 0 Å². The number of nitrogens with zero attached hydrogens (tertiary/aromatic N) is 1. The summed E-state index contributed by atoms with van der Waals surface area (Å²) >= 11 is 0. The zero-order valence-corrected chi connectivity index (χ0v) is 16.8. The lowest BCUT2D eigenvalue weighted by atomic mass is 9.78. The van der Waals surface area contributed by atoms with Gasteiger partial charge in [-0.2, -0.15) is 0 Å². The first kappa shape index (κ1) is 19.3. The lowest BCUT2D eigenvalue weighted by molar-refractivity contribution is -0.130. The summed E-state index contributed by atoms with van der Waals surface area (Å²) < 4.78 is 0. The molecule has 2 unspecified atom stereocenters. The summed E-state index contributed by atoms with van der Waals surface area (Å²) in [6.07, 6.45) is 4.15. The second kappa shape index (κ2) is 8.52. The Labute approximate surface area is 172 Å². The number of anilines is 1. The van der Waals surface area contributed by atoms with Crippen LogP contribution in [0.4, 0.5) is 5.69 Å². The van der Waals surface area contributed by atoms with Crippen molar-refractivity contribution in [3.05, 3.63) is 84.4 Å². The van der Waals surface area contributed by atoms with Gasteiger partial charge in [-0.05, 0) is 35.7 Å². The zero-order chi connectivity index (χ0) is 20.2. The Kier molecular flexibility index (Phi) is 5.66. The summed E-state index contributed by atoms with van der Waals surface area (Å²) in [6.45, 7) is 2.17. The average molecular weight is 386 g/mol. The van der Waals surface area contributed by atoms with Crippen LogP contribution in [0.15, 0.2) is 78.9 Å². The molecule has 1 fully saturated rings. The van der Waals surface area contributed by atoms with Crippen molar-refractivity contribution in [3.63, 3.8) is 0 Å².